The van der Waals surface area contributed by atoms with Crippen molar-refractivity contribution in [2.24, 2.45) is 0 Å². The molecular weight excluding hydrogens is 332 g/mol. The minimum Gasteiger partial charge on any atom is -0.308 e. The number of rotatable bonds is 5. The first kappa shape index (κ1) is 15.7. The minimum atomic E-state index is -0.347. The maximum Gasteiger partial charge on any atom is 0.273 e. The number of nitro groups is 1. The Labute approximate surface area is 132 Å². The maximum atomic E-state index is 11.0. The van der Waals surface area contributed by atoms with E-state index in [1.807, 2.05) is 0 Å². The van der Waals surface area contributed by atoms with Gasteiger partial charge in [0, 0.05) is 29.2 Å². The van der Waals surface area contributed by atoms with Crippen molar-refractivity contribution in [2.75, 3.05) is 0 Å². The number of hydrogen-bond acceptors (Lipinski definition) is 3. The molecule has 0 aliphatic heterocycles. The topological polar surface area (TPSA) is 55.2 Å². The fourth-order valence-corrected chi connectivity index (χ4v) is 2.79. The van der Waals surface area contributed by atoms with Crippen molar-refractivity contribution in [3.63, 3.8) is 0 Å². The summed E-state index contributed by atoms with van der Waals surface area (Å²) in [5.41, 5.74) is 4.45. The Hall–Kier alpha value is -1.72. The lowest BCUT2D eigenvalue weighted by atomic mass is 10.1. The highest BCUT2D eigenvalue weighted by molar-refractivity contribution is 9.10. The van der Waals surface area contributed by atoms with E-state index in [0.717, 1.165) is 4.47 Å². The third-order valence-electron chi connectivity index (χ3n) is 3.16. The molecule has 2 rings (SSSR count). The Morgan fingerprint density at radius 1 is 1.10 bits per heavy atom. The average Bonchev–Trinajstić information content (AvgIpc) is 2.37. The lowest BCUT2D eigenvalue weighted by Gasteiger charge is -2.08. The molecule has 0 saturated carbocycles. The van der Waals surface area contributed by atoms with Crippen LogP contribution in [-0.2, 0) is 13.1 Å². The van der Waals surface area contributed by atoms with Gasteiger partial charge in [-0.25, -0.2) is 0 Å². The first-order valence-corrected chi connectivity index (χ1v) is 7.46. The lowest BCUT2D eigenvalue weighted by Crippen LogP contribution is -2.14. The molecule has 0 heterocycles. The van der Waals surface area contributed by atoms with E-state index >= 15 is 0 Å². The number of nitro benzene ring substituents is 1. The minimum absolute atomic E-state index is 0.145. The second kappa shape index (κ2) is 6.83. The third kappa shape index (κ3) is 4.37. The van der Waals surface area contributed by atoms with Gasteiger partial charge in [-0.15, -0.1) is 0 Å². The molecule has 0 spiro atoms. The van der Waals surface area contributed by atoms with Crippen LogP contribution in [0.4, 0.5) is 5.69 Å². The zero-order valence-corrected chi connectivity index (χ0v) is 13.6. The van der Waals surface area contributed by atoms with E-state index < -0.39 is 0 Å². The fraction of sp³-hybridized carbons (Fsp3) is 0.250. The molecule has 2 aromatic carbocycles. The predicted molar refractivity (Wildman–Crippen MR) is 87.3 cm³/mol. The molecule has 0 amide bonds. The van der Waals surface area contributed by atoms with Gasteiger partial charge in [0.15, 0.2) is 0 Å². The number of nitrogens with zero attached hydrogens (tertiary/aromatic N) is 1. The van der Waals surface area contributed by atoms with Gasteiger partial charge in [0.25, 0.3) is 5.69 Å². The van der Waals surface area contributed by atoms with E-state index in [1.165, 1.54) is 22.8 Å². The molecule has 0 atom stereocenters. The molecule has 0 aliphatic carbocycles. The van der Waals surface area contributed by atoms with Gasteiger partial charge in [0.1, 0.15) is 0 Å². The van der Waals surface area contributed by atoms with Crippen LogP contribution in [-0.4, -0.2) is 4.92 Å². The van der Waals surface area contributed by atoms with Crippen LogP contribution in [0.25, 0.3) is 0 Å². The van der Waals surface area contributed by atoms with Gasteiger partial charge in [0.2, 0.25) is 0 Å². The van der Waals surface area contributed by atoms with Gasteiger partial charge in [-0.05, 0) is 31.5 Å². The molecule has 2 aromatic rings. The molecule has 0 aromatic heterocycles. The van der Waals surface area contributed by atoms with Crippen molar-refractivity contribution in [1.29, 1.82) is 0 Å². The van der Waals surface area contributed by atoms with Crippen molar-refractivity contribution < 1.29 is 4.92 Å². The number of hydrogen-bond donors (Lipinski definition) is 1. The average molecular weight is 349 g/mol. The van der Waals surface area contributed by atoms with Crippen LogP contribution in [0.2, 0.25) is 0 Å². The molecule has 0 radical (unpaired) electrons. The molecule has 0 aliphatic rings. The summed E-state index contributed by atoms with van der Waals surface area (Å²) < 4.78 is 0.844. The Morgan fingerprint density at radius 2 is 1.76 bits per heavy atom. The summed E-state index contributed by atoms with van der Waals surface area (Å²) in [5.74, 6) is 0. The summed E-state index contributed by atoms with van der Waals surface area (Å²) in [6.07, 6.45) is 0. The van der Waals surface area contributed by atoms with E-state index in [-0.39, 0.29) is 10.6 Å². The van der Waals surface area contributed by atoms with Crippen LogP contribution in [0.5, 0.6) is 0 Å². The molecular formula is C16H17BrN2O2. The van der Waals surface area contributed by atoms with Crippen LogP contribution < -0.4 is 5.32 Å². The first-order valence-electron chi connectivity index (χ1n) is 6.66. The van der Waals surface area contributed by atoms with Gasteiger partial charge in [-0.1, -0.05) is 45.3 Å². The third-order valence-corrected chi connectivity index (χ3v) is 3.66. The summed E-state index contributed by atoms with van der Waals surface area (Å²) in [4.78, 5) is 10.7. The Kier molecular flexibility index (Phi) is 5.09. The summed E-state index contributed by atoms with van der Waals surface area (Å²) in [5, 5.41) is 14.3. The van der Waals surface area contributed by atoms with Gasteiger partial charge < -0.3 is 5.32 Å². The lowest BCUT2D eigenvalue weighted by molar-refractivity contribution is -0.385. The molecule has 4 nitrogen and oxygen atoms in total. The van der Waals surface area contributed by atoms with Crippen LogP contribution in [0, 0.1) is 24.0 Å². The summed E-state index contributed by atoms with van der Waals surface area (Å²) >= 11 is 3.35. The van der Waals surface area contributed by atoms with Crippen LogP contribution in [0.15, 0.2) is 40.9 Å². The first-order chi connectivity index (χ1) is 9.95. The molecule has 0 bridgehead atoms. The largest absolute Gasteiger partial charge is 0.308 e. The van der Waals surface area contributed by atoms with Gasteiger partial charge >= 0.3 is 0 Å². The van der Waals surface area contributed by atoms with E-state index in [9.17, 15) is 10.1 Å². The highest BCUT2D eigenvalue weighted by Crippen LogP contribution is 2.23. The zero-order chi connectivity index (χ0) is 15.4. The number of halogens is 1. The zero-order valence-electron chi connectivity index (χ0n) is 12.0. The van der Waals surface area contributed by atoms with Crippen molar-refractivity contribution in [2.45, 2.75) is 26.9 Å². The van der Waals surface area contributed by atoms with Gasteiger partial charge in [0.05, 0.1) is 4.92 Å². The van der Waals surface area contributed by atoms with Crippen LogP contribution >= 0.6 is 15.9 Å². The van der Waals surface area contributed by atoms with Crippen molar-refractivity contribution in [3.05, 3.63) is 73.2 Å². The number of benzene rings is 2. The number of aryl methyl sites for hydroxylation is 2. The van der Waals surface area contributed by atoms with E-state index in [4.69, 9.17) is 0 Å². The van der Waals surface area contributed by atoms with Crippen molar-refractivity contribution >= 4 is 21.6 Å². The number of nitrogens with one attached hydrogen (secondary N) is 1. The van der Waals surface area contributed by atoms with E-state index in [0.29, 0.717) is 18.7 Å². The fourth-order valence-electron chi connectivity index (χ4n) is 2.39. The van der Waals surface area contributed by atoms with E-state index in [2.05, 4.69) is 53.3 Å². The van der Waals surface area contributed by atoms with Gasteiger partial charge in [-0.2, -0.15) is 0 Å². The molecule has 0 fully saturated rings. The highest BCUT2D eigenvalue weighted by Gasteiger charge is 2.13. The predicted octanol–water partition coefficient (Wildman–Crippen LogP) is 4.26. The standard InChI is InChI=1S/C16H17BrN2O2/c1-11-5-12(2)7-13(6-11)9-18-10-14-8-15(17)3-4-16(14)19(20)21/h3-8,18H,9-10H2,1-2H3. The maximum absolute atomic E-state index is 11.0. The Balaban J connectivity index is 2.06. The normalized spacial score (nSPS) is 10.6. The molecule has 1 N–H and O–H groups in total. The Bertz CT molecular complexity index is 651. The Morgan fingerprint density at radius 3 is 2.38 bits per heavy atom. The molecule has 0 unspecified atom stereocenters. The molecule has 21 heavy (non-hydrogen) atoms. The second-order valence-electron chi connectivity index (χ2n) is 5.13. The molecule has 0 saturated heterocycles. The smallest absolute Gasteiger partial charge is 0.273 e. The quantitative estimate of drug-likeness (QED) is 0.648. The monoisotopic (exact) mass is 348 g/mol. The summed E-state index contributed by atoms with van der Waals surface area (Å²) in [6.45, 7) is 5.28. The van der Waals surface area contributed by atoms with E-state index in [1.54, 1.807) is 12.1 Å². The highest BCUT2D eigenvalue weighted by atomic mass is 79.9. The molecule has 110 valence electrons. The van der Waals surface area contributed by atoms with Gasteiger partial charge in [-0.3, -0.25) is 10.1 Å². The molecule has 5 heteroatoms. The van der Waals surface area contributed by atoms with Crippen molar-refractivity contribution in [1.82, 2.24) is 5.32 Å². The second-order valence-corrected chi connectivity index (χ2v) is 6.05. The SMILES string of the molecule is Cc1cc(C)cc(CNCc2cc(Br)ccc2[N+](=O)[O-])c1. The summed E-state index contributed by atoms with van der Waals surface area (Å²) in [6, 6.07) is 11.4. The van der Waals surface area contributed by atoms with Crippen LogP contribution in [0.1, 0.15) is 22.3 Å². The van der Waals surface area contributed by atoms with Crippen LogP contribution in [0.3, 0.4) is 0 Å². The summed E-state index contributed by atoms with van der Waals surface area (Å²) in [7, 11) is 0. The van der Waals surface area contributed by atoms with Crippen molar-refractivity contribution in [3.8, 4) is 0 Å².